The van der Waals surface area contributed by atoms with Gasteiger partial charge in [-0.05, 0) is 25.0 Å². The minimum absolute atomic E-state index is 0.0196. The lowest BCUT2D eigenvalue weighted by atomic mass is 10.1. The highest BCUT2D eigenvalue weighted by Crippen LogP contribution is 2.14. The minimum atomic E-state index is -0.597. The summed E-state index contributed by atoms with van der Waals surface area (Å²) in [5.74, 6) is -1.06. The van der Waals surface area contributed by atoms with Crippen molar-refractivity contribution in [3.63, 3.8) is 0 Å². The first-order chi connectivity index (χ1) is 6.70. The molecule has 0 amide bonds. The normalized spacial score (nSPS) is 9.93. The van der Waals surface area contributed by atoms with Crippen LogP contribution in [0, 0.1) is 5.82 Å². The molecule has 14 heavy (non-hydrogen) atoms. The molecule has 0 saturated heterocycles. The first-order valence-electron chi connectivity index (χ1n) is 4.65. The van der Waals surface area contributed by atoms with E-state index in [4.69, 9.17) is 4.74 Å². The first-order valence-corrected chi connectivity index (χ1v) is 4.65. The average molecular weight is 196 g/mol. The van der Waals surface area contributed by atoms with Crippen molar-refractivity contribution in [1.29, 1.82) is 0 Å². The zero-order valence-corrected chi connectivity index (χ0v) is 8.34. The van der Waals surface area contributed by atoms with Crippen LogP contribution in [0.25, 0.3) is 0 Å². The number of benzene rings is 1. The van der Waals surface area contributed by atoms with E-state index in [0.29, 0.717) is 12.0 Å². The van der Waals surface area contributed by atoms with E-state index in [1.54, 1.807) is 19.1 Å². The van der Waals surface area contributed by atoms with Gasteiger partial charge in [0.05, 0.1) is 12.2 Å². The van der Waals surface area contributed by atoms with Crippen LogP contribution in [0.4, 0.5) is 4.39 Å². The van der Waals surface area contributed by atoms with Crippen molar-refractivity contribution in [3.8, 4) is 0 Å². The summed E-state index contributed by atoms with van der Waals surface area (Å²) in [5, 5.41) is 0. The van der Waals surface area contributed by atoms with Gasteiger partial charge in [-0.3, -0.25) is 0 Å². The van der Waals surface area contributed by atoms with Crippen molar-refractivity contribution < 1.29 is 13.9 Å². The molecule has 0 radical (unpaired) electrons. The maximum atomic E-state index is 13.5. The van der Waals surface area contributed by atoms with Gasteiger partial charge in [0.25, 0.3) is 0 Å². The number of hydrogen-bond acceptors (Lipinski definition) is 2. The quantitative estimate of drug-likeness (QED) is 0.694. The van der Waals surface area contributed by atoms with Crippen LogP contribution < -0.4 is 0 Å². The van der Waals surface area contributed by atoms with Gasteiger partial charge < -0.3 is 4.74 Å². The lowest BCUT2D eigenvalue weighted by Crippen LogP contribution is -2.08. The number of rotatable bonds is 3. The van der Waals surface area contributed by atoms with Crippen LogP contribution in [-0.2, 0) is 11.2 Å². The predicted molar refractivity (Wildman–Crippen MR) is 51.7 cm³/mol. The summed E-state index contributed by atoms with van der Waals surface area (Å²) in [5.41, 5.74) is 0.557. The number of hydrogen-bond donors (Lipinski definition) is 0. The molecule has 0 aliphatic heterocycles. The molecule has 0 fully saturated rings. The average Bonchev–Trinajstić information content (AvgIpc) is 2.18. The minimum Gasteiger partial charge on any atom is -0.462 e. The molecule has 0 aliphatic carbocycles. The molecule has 0 aliphatic rings. The fourth-order valence-electron chi connectivity index (χ4n) is 1.22. The highest BCUT2D eigenvalue weighted by Gasteiger charge is 2.14. The molecule has 1 aromatic rings. The van der Waals surface area contributed by atoms with E-state index in [-0.39, 0.29) is 12.2 Å². The Hall–Kier alpha value is -1.38. The molecular weight excluding hydrogens is 183 g/mol. The molecule has 0 saturated carbocycles. The molecule has 0 bridgehead atoms. The van der Waals surface area contributed by atoms with Gasteiger partial charge in [0.15, 0.2) is 0 Å². The molecule has 3 heteroatoms. The van der Waals surface area contributed by atoms with Gasteiger partial charge in [-0.25, -0.2) is 9.18 Å². The number of carbonyl (C=O) groups is 1. The third-order valence-electron chi connectivity index (χ3n) is 1.95. The fourth-order valence-corrected chi connectivity index (χ4v) is 1.22. The topological polar surface area (TPSA) is 26.3 Å². The fraction of sp³-hybridized carbons (Fsp3) is 0.364. The van der Waals surface area contributed by atoms with Crippen LogP contribution in [0.15, 0.2) is 18.2 Å². The van der Waals surface area contributed by atoms with E-state index in [1.165, 1.54) is 6.07 Å². The van der Waals surface area contributed by atoms with Gasteiger partial charge in [0.2, 0.25) is 0 Å². The van der Waals surface area contributed by atoms with Crippen LogP contribution in [-0.4, -0.2) is 12.6 Å². The van der Waals surface area contributed by atoms with E-state index >= 15 is 0 Å². The Morgan fingerprint density at radius 1 is 1.43 bits per heavy atom. The molecule has 1 aromatic carbocycles. The Balaban J connectivity index is 3.03. The van der Waals surface area contributed by atoms with Gasteiger partial charge in [-0.15, -0.1) is 0 Å². The van der Waals surface area contributed by atoms with Crippen molar-refractivity contribution in [2.75, 3.05) is 6.61 Å². The SMILES string of the molecule is CCOC(=O)c1cccc(CC)c1F. The molecule has 0 N–H and O–H groups in total. The maximum absolute atomic E-state index is 13.5. The number of esters is 1. The van der Waals surface area contributed by atoms with Crippen LogP contribution in [0.2, 0.25) is 0 Å². The smallest absolute Gasteiger partial charge is 0.341 e. The maximum Gasteiger partial charge on any atom is 0.341 e. The molecule has 0 atom stereocenters. The third kappa shape index (κ3) is 2.10. The van der Waals surface area contributed by atoms with Crippen LogP contribution in [0.3, 0.4) is 0 Å². The lowest BCUT2D eigenvalue weighted by molar-refractivity contribution is 0.0521. The number of ether oxygens (including phenoxy) is 1. The summed E-state index contributed by atoms with van der Waals surface area (Å²) < 4.78 is 18.3. The Labute approximate surface area is 82.7 Å². The van der Waals surface area contributed by atoms with Crippen LogP contribution >= 0.6 is 0 Å². The van der Waals surface area contributed by atoms with E-state index in [2.05, 4.69) is 0 Å². The first kappa shape index (κ1) is 10.7. The third-order valence-corrected chi connectivity index (χ3v) is 1.95. The Morgan fingerprint density at radius 3 is 2.71 bits per heavy atom. The van der Waals surface area contributed by atoms with Crippen LogP contribution in [0.5, 0.6) is 0 Å². The molecular formula is C11H13FO2. The number of aryl methyl sites for hydroxylation is 1. The Morgan fingerprint density at radius 2 is 2.14 bits per heavy atom. The van der Waals surface area contributed by atoms with Crippen molar-refractivity contribution in [3.05, 3.63) is 35.1 Å². The second kappa shape index (κ2) is 4.74. The van der Waals surface area contributed by atoms with Gasteiger partial charge in [0, 0.05) is 0 Å². The van der Waals surface area contributed by atoms with Crippen molar-refractivity contribution in [2.45, 2.75) is 20.3 Å². The highest BCUT2D eigenvalue weighted by molar-refractivity contribution is 5.89. The standard InChI is InChI=1S/C11H13FO2/c1-3-8-6-5-7-9(10(8)12)11(13)14-4-2/h5-7H,3-4H2,1-2H3. The van der Waals surface area contributed by atoms with Gasteiger partial charge >= 0.3 is 5.97 Å². The lowest BCUT2D eigenvalue weighted by Gasteiger charge is -2.05. The van der Waals surface area contributed by atoms with Crippen molar-refractivity contribution in [2.24, 2.45) is 0 Å². The molecule has 0 aromatic heterocycles. The highest BCUT2D eigenvalue weighted by atomic mass is 19.1. The summed E-state index contributed by atoms with van der Waals surface area (Å²) in [4.78, 5) is 11.3. The van der Waals surface area contributed by atoms with Gasteiger partial charge in [-0.1, -0.05) is 19.1 Å². The summed E-state index contributed by atoms with van der Waals surface area (Å²) in [6, 6.07) is 4.76. The molecule has 2 nitrogen and oxygen atoms in total. The largest absolute Gasteiger partial charge is 0.462 e. The second-order valence-electron chi connectivity index (χ2n) is 2.85. The summed E-state index contributed by atoms with van der Waals surface area (Å²) in [7, 11) is 0. The van der Waals surface area contributed by atoms with E-state index in [0.717, 1.165) is 0 Å². The molecule has 1 rings (SSSR count). The zero-order chi connectivity index (χ0) is 10.6. The van der Waals surface area contributed by atoms with Crippen molar-refractivity contribution in [1.82, 2.24) is 0 Å². The van der Waals surface area contributed by atoms with Crippen molar-refractivity contribution >= 4 is 5.97 Å². The number of halogens is 1. The number of carbonyl (C=O) groups excluding carboxylic acids is 1. The van der Waals surface area contributed by atoms with Gasteiger partial charge in [0.1, 0.15) is 5.82 Å². The Bertz CT molecular complexity index is 334. The Kier molecular flexibility index (Phi) is 3.63. The summed E-state index contributed by atoms with van der Waals surface area (Å²) >= 11 is 0. The summed E-state index contributed by atoms with van der Waals surface area (Å²) in [6.45, 7) is 3.79. The van der Waals surface area contributed by atoms with E-state index in [9.17, 15) is 9.18 Å². The van der Waals surface area contributed by atoms with Gasteiger partial charge in [-0.2, -0.15) is 0 Å². The molecule has 0 spiro atoms. The van der Waals surface area contributed by atoms with Crippen LogP contribution in [0.1, 0.15) is 29.8 Å². The molecule has 0 heterocycles. The molecule has 0 unspecified atom stereocenters. The van der Waals surface area contributed by atoms with E-state index in [1.807, 2.05) is 6.92 Å². The second-order valence-corrected chi connectivity index (χ2v) is 2.85. The predicted octanol–water partition coefficient (Wildman–Crippen LogP) is 2.56. The summed E-state index contributed by atoms with van der Waals surface area (Å²) in [6.07, 6.45) is 0.569. The van der Waals surface area contributed by atoms with E-state index < -0.39 is 11.8 Å². The zero-order valence-electron chi connectivity index (χ0n) is 8.34. The monoisotopic (exact) mass is 196 g/mol. The molecule has 76 valence electrons.